The van der Waals surface area contributed by atoms with E-state index in [0.717, 1.165) is 18.0 Å². The molecule has 0 aromatic carbocycles. The lowest BCUT2D eigenvalue weighted by Gasteiger charge is -2.35. The average molecular weight is 239 g/mol. The highest BCUT2D eigenvalue weighted by atomic mass is 15.3. The highest BCUT2D eigenvalue weighted by Gasteiger charge is 2.32. The molecule has 3 unspecified atom stereocenters. The second-order valence-corrected chi connectivity index (χ2v) is 5.81. The van der Waals surface area contributed by atoms with Crippen LogP contribution in [0.5, 0.6) is 0 Å². The Hall–Kier alpha value is -0.120. The first kappa shape index (κ1) is 13.3. The van der Waals surface area contributed by atoms with E-state index in [1.54, 1.807) is 0 Å². The molecule has 17 heavy (non-hydrogen) atoms. The van der Waals surface area contributed by atoms with Gasteiger partial charge in [0.1, 0.15) is 0 Å². The van der Waals surface area contributed by atoms with Crippen molar-refractivity contribution in [2.75, 3.05) is 39.3 Å². The summed E-state index contributed by atoms with van der Waals surface area (Å²) in [5, 5.41) is 3.58. The average Bonchev–Trinajstić information content (AvgIpc) is 2.80. The molecule has 0 amide bonds. The second kappa shape index (κ2) is 6.17. The van der Waals surface area contributed by atoms with Crippen molar-refractivity contribution in [2.24, 2.45) is 5.92 Å². The molecule has 0 radical (unpaired) electrons. The molecule has 1 N–H and O–H groups in total. The lowest BCUT2D eigenvalue weighted by molar-refractivity contribution is 0.153. The lowest BCUT2D eigenvalue weighted by atomic mass is 9.97. The van der Waals surface area contributed by atoms with Gasteiger partial charge in [-0.25, -0.2) is 0 Å². The maximum atomic E-state index is 3.58. The van der Waals surface area contributed by atoms with E-state index < -0.39 is 0 Å². The third-order valence-electron chi connectivity index (χ3n) is 4.59. The van der Waals surface area contributed by atoms with Crippen molar-refractivity contribution >= 4 is 0 Å². The Balaban J connectivity index is 1.84. The Labute approximate surface area is 107 Å². The summed E-state index contributed by atoms with van der Waals surface area (Å²) >= 11 is 0. The van der Waals surface area contributed by atoms with Crippen LogP contribution in [0.3, 0.4) is 0 Å². The summed E-state index contributed by atoms with van der Waals surface area (Å²) in [6.07, 6.45) is 2.75. The number of hydrogen-bond acceptors (Lipinski definition) is 3. The predicted molar refractivity (Wildman–Crippen MR) is 73.3 cm³/mol. The topological polar surface area (TPSA) is 18.5 Å². The summed E-state index contributed by atoms with van der Waals surface area (Å²) in [5.41, 5.74) is 0. The molecule has 2 rings (SSSR count). The predicted octanol–water partition coefficient (Wildman–Crippen LogP) is 1.40. The second-order valence-electron chi connectivity index (χ2n) is 5.81. The van der Waals surface area contributed by atoms with Crippen LogP contribution in [0.4, 0.5) is 0 Å². The van der Waals surface area contributed by atoms with Crippen LogP contribution in [0.25, 0.3) is 0 Å². The molecule has 0 aliphatic carbocycles. The molecule has 100 valence electrons. The fourth-order valence-corrected chi connectivity index (χ4v) is 3.54. The monoisotopic (exact) mass is 239 g/mol. The van der Waals surface area contributed by atoms with E-state index in [-0.39, 0.29) is 0 Å². The van der Waals surface area contributed by atoms with Crippen LogP contribution in [0.15, 0.2) is 0 Å². The third-order valence-corrected chi connectivity index (χ3v) is 4.59. The van der Waals surface area contributed by atoms with Gasteiger partial charge in [-0.3, -0.25) is 9.80 Å². The van der Waals surface area contributed by atoms with Gasteiger partial charge in [0.05, 0.1) is 0 Å². The highest BCUT2D eigenvalue weighted by molar-refractivity contribution is 4.89. The van der Waals surface area contributed by atoms with Gasteiger partial charge in [0.25, 0.3) is 0 Å². The molecule has 3 heteroatoms. The fourth-order valence-electron chi connectivity index (χ4n) is 3.54. The molecular formula is C14H29N3. The van der Waals surface area contributed by atoms with E-state index in [0.29, 0.717) is 0 Å². The first-order chi connectivity index (χ1) is 8.24. The van der Waals surface area contributed by atoms with Crippen LogP contribution in [-0.4, -0.2) is 61.2 Å². The van der Waals surface area contributed by atoms with Crippen LogP contribution in [0, 0.1) is 5.92 Å². The largest absolute Gasteiger partial charge is 0.315 e. The van der Waals surface area contributed by atoms with Crippen molar-refractivity contribution in [3.05, 3.63) is 0 Å². The van der Waals surface area contributed by atoms with Crippen LogP contribution >= 0.6 is 0 Å². The third kappa shape index (κ3) is 3.21. The molecular weight excluding hydrogens is 210 g/mol. The number of hydrogen-bond donors (Lipinski definition) is 1. The minimum Gasteiger partial charge on any atom is -0.315 e. The number of nitrogens with zero attached hydrogens (tertiary/aromatic N) is 2. The van der Waals surface area contributed by atoms with E-state index in [1.807, 2.05) is 0 Å². The number of nitrogens with one attached hydrogen (secondary N) is 1. The van der Waals surface area contributed by atoms with Gasteiger partial charge in [0.15, 0.2) is 0 Å². The molecule has 2 aliphatic heterocycles. The van der Waals surface area contributed by atoms with E-state index in [1.165, 1.54) is 52.1 Å². The van der Waals surface area contributed by atoms with Crippen molar-refractivity contribution < 1.29 is 0 Å². The van der Waals surface area contributed by atoms with Gasteiger partial charge >= 0.3 is 0 Å². The van der Waals surface area contributed by atoms with Crippen LogP contribution in [-0.2, 0) is 0 Å². The Bertz CT molecular complexity index is 228. The summed E-state index contributed by atoms with van der Waals surface area (Å²) in [5.74, 6) is 0.848. The van der Waals surface area contributed by atoms with Gasteiger partial charge in [0.2, 0.25) is 0 Å². The number of likely N-dealkylation sites (N-methyl/N-ethyl adjacent to an activating group) is 1. The first-order valence-electron chi connectivity index (χ1n) is 7.43. The van der Waals surface area contributed by atoms with Gasteiger partial charge in [-0.2, -0.15) is 0 Å². The molecule has 0 aromatic rings. The summed E-state index contributed by atoms with van der Waals surface area (Å²) in [6, 6.07) is 1.60. The van der Waals surface area contributed by atoms with E-state index in [4.69, 9.17) is 0 Å². The van der Waals surface area contributed by atoms with E-state index >= 15 is 0 Å². The molecule has 0 spiro atoms. The van der Waals surface area contributed by atoms with Crippen molar-refractivity contribution in [1.82, 2.24) is 15.1 Å². The van der Waals surface area contributed by atoms with Gasteiger partial charge in [0, 0.05) is 31.7 Å². The van der Waals surface area contributed by atoms with E-state index in [9.17, 15) is 0 Å². The molecule has 0 aromatic heterocycles. The summed E-state index contributed by atoms with van der Waals surface area (Å²) in [4.78, 5) is 5.35. The normalized spacial score (nSPS) is 35.6. The molecule has 2 fully saturated rings. The van der Waals surface area contributed by atoms with Crippen LogP contribution < -0.4 is 5.32 Å². The fraction of sp³-hybridized carbons (Fsp3) is 1.00. The zero-order chi connectivity index (χ0) is 12.3. The Morgan fingerprint density at radius 1 is 1.24 bits per heavy atom. The molecule has 3 nitrogen and oxygen atoms in total. The smallest absolute Gasteiger partial charge is 0.0235 e. The van der Waals surface area contributed by atoms with Gasteiger partial charge in [-0.05, 0) is 38.4 Å². The minimum atomic E-state index is 0.791. The molecule has 0 saturated carbocycles. The van der Waals surface area contributed by atoms with Crippen molar-refractivity contribution in [1.29, 1.82) is 0 Å². The summed E-state index contributed by atoms with van der Waals surface area (Å²) < 4.78 is 0. The molecule has 0 bridgehead atoms. The maximum absolute atomic E-state index is 3.58. The molecule has 2 aliphatic rings. The SMILES string of the molecule is CCN(CC)C1CCN(C2CNCC(C)C2)C1. The van der Waals surface area contributed by atoms with Gasteiger partial charge < -0.3 is 5.32 Å². The summed E-state index contributed by atoms with van der Waals surface area (Å²) in [7, 11) is 0. The zero-order valence-electron chi connectivity index (χ0n) is 11.8. The minimum absolute atomic E-state index is 0.791. The zero-order valence-corrected chi connectivity index (χ0v) is 11.8. The Morgan fingerprint density at radius 2 is 2.00 bits per heavy atom. The standard InChI is InChI=1S/C14H29N3/c1-4-16(5-2)13-6-7-17(11-13)14-8-12(3)9-15-10-14/h12-15H,4-11H2,1-3H3. The van der Waals surface area contributed by atoms with E-state index in [2.05, 4.69) is 35.9 Å². The number of piperidine rings is 1. The number of likely N-dealkylation sites (tertiary alicyclic amines) is 1. The highest BCUT2D eigenvalue weighted by Crippen LogP contribution is 2.22. The van der Waals surface area contributed by atoms with Crippen molar-refractivity contribution in [3.8, 4) is 0 Å². The Morgan fingerprint density at radius 3 is 2.65 bits per heavy atom. The molecule has 3 atom stereocenters. The Kier molecular flexibility index (Phi) is 4.83. The number of rotatable bonds is 4. The summed E-state index contributed by atoms with van der Waals surface area (Å²) in [6.45, 7) is 14.4. The quantitative estimate of drug-likeness (QED) is 0.800. The lowest BCUT2D eigenvalue weighted by Crippen LogP contribution is -2.48. The van der Waals surface area contributed by atoms with Crippen molar-refractivity contribution in [3.63, 3.8) is 0 Å². The van der Waals surface area contributed by atoms with Gasteiger partial charge in [-0.1, -0.05) is 20.8 Å². The maximum Gasteiger partial charge on any atom is 0.0235 e. The van der Waals surface area contributed by atoms with Gasteiger partial charge in [-0.15, -0.1) is 0 Å². The molecule has 2 saturated heterocycles. The molecule has 2 heterocycles. The van der Waals surface area contributed by atoms with Crippen LogP contribution in [0.2, 0.25) is 0 Å². The van der Waals surface area contributed by atoms with Crippen LogP contribution in [0.1, 0.15) is 33.6 Å². The van der Waals surface area contributed by atoms with Crippen molar-refractivity contribution in [2.45, 2.75) is 45.7 Å². The first-order valence-corrected chi connectivity index (χ1v) is 7.43.